The normalized spacial score (nSPS) is 14.8. The molecule has 0 aromatic heterocycles. The van der Waals surface area contributed by atoms with Gasteiger partial charge in [-0.05, 0) is 24.6 Å². The van der Waals surface area contributed by atoms with Gasteiger partial charge in [-0.3, -0.25) is 19.3 Å². The molecular weight excluding hydrogens is 314 g/mol. The zero-order valence-electron chi connectivity index (χ0n) is 12.5. The summed E-state index contributed by atoms with van der Waals surface area (Å²) in [6.45, 7) is 1.50. The molecule has 3 rings (SSSR count). The largest absolute Gasteiger partial charge is 0.295 e. The van der Waals surface area contributed by atoms with E-state index in [-0.39, 0.29) is 17.6 Å². The zero-order valence-corrected chi connectivity index (χ0v) is 13.2. The SMILES string of the molecule is CC(=O)c1ccc(CC(Cl)N2C(=O)c3ccccc3C2=O)cc1. The summed E-state index contributed by atoms with van der Waals surface area (Å²) in [5, 5.41) is 0. The van der Waals surface area contributed by atoms with Gasteiger partial charge in [0.05, 0.1) is 11.1 Å². The van der Waals surface area contributed by atoms with Crippen LogP contribution in [-0.4, -0.2) is 28.0 Å². The monoisotopic (exact) mass is 327 g/mol. The molecule has 116 valence electrons. The molecule has 0 saturated carbocycles. The minimum Gasteiger partial charge on any atom is -0.295 e. The summed E-state index contributed by atoms with van der Waals surface area (Å²) in [5.41, 5.74) is 1.46. The van der Waals surface area contributed by atoms with E-state index in [1.807, 2.05) is 0 Å². The average molecular weight is 328 g/mol. The Bertz CT molecular complexity index is 763. The molecule has 5 heteroatoms. The Kier molecular flexibility index (Phi) is 4.01. The van der Waals surface area contributed by atoms with E-state index in [4.69, 9.17) is 11.6 Å². The van der Waals surface area contributed by atoms with E-state index >= 15 is 0 Å². The minimum absolute atomic E-state index is 0.0145. The van der Waals surface area contributed by atoms with E-state index in [1.54, 1.807) is 48.5 Å². The first-order valence-corrected chi connectivity index (χ1v) is 7.63. The number of rotatable bonds is 4. The molecule has 0 radical (unpaired) electrons. The molecule has 1 atom stereocenters. The number of alkyl halides is 1. The van der Waals surface area contributed by atoms with Crippen LogP contribution in [0.15, 0.2) is 48.5 Å². The molecule has 2 aromatic rings. The third-order valence-electron chi connectivity index (χ3n) is 3.87. The first-order valence-electron chi connectivity index (χ1n) is 7.20. The fourth-order valence-electron chi connectivity index (χ4n) is 2.62. The van der Waals surface area contributed by atoms with Crippen molar-refractivity contribution in [3.63, 3.8) is 0 Å². The maximum Gasteiger partial charge on any atom is 0.262 e. The van der Waals surface area contributed by atoms with Crippen LogP contribution in [0.2, 0.25) is 0 Å². The standard InChI is InChI=1S/C18H14ClNO3/c1-11(21)13-8-6-12(7-9-13)10-16(19)20-17(22)14-4-2-3-5-15(14)18(20)23/h2-9,16H,10H2,1H3. The predicted octanol–water partition coefficient (Wildman–Crippen LogP) is 3.29. The van der Waals surface area contributed by atoms with Gasteiger partial charge in [0.25, 0.3) is 11.8 Å². The van der Waals surface area contributed by atoms with Crippen LogP contribution >= 0.6 is 11.6 Å². The molecule has 4 nitrogen and oxygen atoms in total. The van der Waals surface area contributed by atoms with E-state index in [0.717, 1.165) is 10.5 Å². The van der Waals surface area contributed by atoms with Crippen molar-refractivity contribution in [2.45, 2.75) is 18.8 Å². The maximum atomic E-state index is 12.4. The fourth-order valence-corrected chi connectivity index (χ4v) is 2.98. The van der Waals surface area contributed by atoms with Gasteiger partial charge in [0.15, 0.2) is 5.78 Å². The van der Waals surface area contributed by atoms with Crippen LogP contribution in [0, 0.1) is 0 Å². The summed E-state index contributed by atoms with van der Waals surface area (Å²) >= 11 is 6.32. The Labute approximate surface area is 138 Å². The third-order valence-corrected chi connectivity index (χ3v) is 4.22. The highest BCUT2D eigenvalue weighted by molar-refractivity contribution is 6.28. The van der Waals surface area contributed by atoms with E-state index in [9.17, 15) is 14.4 Å². The topological polar surface area (TPSA) is 54.5 Å². The van der Waals surface area contributed by atoms with E-state index in [0.29, 0.717) is 23.1 Å². The highest BCUT2D eigenvalue weighted by Crippen LogP contribution is 2.27. The van der Waals surface area contributed by atoms with Crippen molar-refractivity contribution in [1.29, 1.82) is 0 Å². The number of halogens is 1. The van der Waals surface area contributed by atoms with Crippen molar-refractivity contribution in [3.05, 3.63) is 70.8 Å². The first kappa shape index (κ1) is 15.4. The molecule has 0 saturated heterocycles. The predicted molar refractivity (Wildman–Crippen MR) is 86.7 cm³/mol. The number of ketones is 1. The lowest BCUT2D eigenvalue weighted by atomic mass is 10.1. The second-order valence-electron chi connectivity index (χ2n) is 5.42. The molecule has 0 bridgehead atoms. The number of amides is 2. The van der Waals surface area contributed by atoms with Crippen molar-refractivity contribution < 1.29 is 14.4 Å². The van der Waals surface area contributed by atoms with Gasteiger partial charge in [-0.15, -0.1) is 0 Å². The van der Waals surface area contributed by atoms with Crippen LogP contribution in [0.4, 0.5) is 0 Å². The van der Waals surface area contributed by atoms with Crippen molar-refractivity contribution in [1.82, 2.24) is 4.90 Å². The molecule has 1 unspecified atom stereocenters. The molecule has 23 heavy (non-hydrogen) atoms. The van der Waals surface area contributed by atoms with Gasteiger partial charge in [0.2, 0.25) is 0 Å². The minimum atomic E-state index is -0.773. The summed E-state index contributed by atoms with van der Waals surface area (Å²) in [7, 11) is 0. The first-order chi connectivity index (χ1) is 11.0. The number of hydrogen-bond acceptors (Lipinski definition) is 3. The average Bonchev–Trinajstić information content (AvgIpc) is 2.80. The Balaban J connectivity index is 1.79. The number of carbonyl (C=O) groups is 3. The summed E-state index contributed by atoms with van der Waals surface area (Å²) in [6, 6.07) is 13.7. The Morgan fingerprint density at radius 1 is 1.00 bits per heavy atom. The van der Waals surface area contributed by atoms with Crippen LogP contribution in [0.1, 0.15) is 43.6 Å². The number of carbonyl (C=O) groups excluding carboxylic acids is 3. The Morgan fingerprint density at radius 2 is 1.52 bits per heavy atom. The van der Waals surface area contributed by atoms with E-state index in [1.165, 1.54) is 6.92 Å². The molecule has 0 N–H and O–H groups in total. The van der Waals surface area contributed by atoms with E-state index < -0.39 is 5.50 Å². The highest BCUT2D eigenvalue weighted by Gasteiger charge is 2.38. The maximum absolute atomic E-state index is 12.4. The Morgan fingerprint density at radius 3 is 2.00 bits per heavy atom. The number of Topliss-reactive ketones (excluding diaryl/α,β-unsaturated/α-hetero) is 1. The molecule has 2 aromatic carbocycles. The van der Waals surface area contributed by atoms with Gasteiger partial charge in [-0.2, -0.15) is 0 Å². The molecular formula is C18H14ClNO3. The number of benzene rings is 2. The van der Waals surface area contributed by atoms with Crippen LogP contribution in [0.25, 0.3) is 0 Å². The third kappa shape index (κ3) is 2.78. The number of hydrogen-bond donors (Lipinski definition) is 0. The lowest BCUT2D eigenvalue weighted by Crippen LogP contribution is -2.37. The lowest BCUT2D eigenvalue weighted by Gasteiger charge is -2.20. The van der Waals surface area contributed by atoms with Crippen LogP contribution in [-0.2, 0) is 6.42 Å². The molecule has 0 fully saturated rings. The number of nitrogens with zero attached hydrogens (tertiary/aromatic N) is 1. The van der Waals surface area contributed by atoms with Gasteiger partial charge in [-0.1, -0.05) is 48.0 Å². The molecule has 0 spiro atoms. The van der Waals surface area contributed by atoms with Gasteiger partial charge in [0.1, 0.15) is 5.50 Å². The van der Waals surface area contributed by atoms with Crippen molar-refractivity contribution in [3.8, 4) is 0 Å². The highest BCUT2D eigenvalue weighted by atomic mass is 35.5. The fraction of sp³-hybridized carbons (Fsp3) is 0.167. The number of fused-ring (bicyclic) bond motifs is 1. The van der Waals surface area contributed by atoms with Gasteiger partial charge < -0.3 is 0 Å². The number of imide groups is 1. The second kappa shape index (κ2) is 5.97. The quantitative estimate of drug-likeness (QED) is 0.375. The lowest BCUT2D eigenvalue weighted by molar-refractivity contribution is 0.0633. The van der Waals surface area contributed by atoms with Crippen molar-refractivity contribution in [2.24, 2.45) is 0 Å². The zero-order chi connectivity index (χ0) is 16.6. The van der Waals surface area contributed by atoms with Gasteiger partial charge in [0, 0.05) is 12.0 Å². The Hall–Kier alpha value is -2.46. The summed E-state index contributed by atoms with van der Waals surface area (Å²) < 4.78 is 0. The summed E-state index contributed by atoms with van der Waals surface area (Å²) in [5.74, 6) is -0.753. The summed E-state index contributed by atoms with van der Waals surface area (Å²) in [6.07, 6.45) is 0.325. The molecule has 1 aliphatic rings. The summed E-state index contributed by atoms with van der Waals surface area (Å²) in [4.78, 5) is 37.1. The molecule has 0 aliphatic carbocycles. The van der Waals surface area contributed by atoms with Crippen LogP contribution < -0.4 is 0 Å². The van der Waals surface area contributed by atoms with Gasteiger partial charge in [-0.25, -0.2) is 0 Å². The van der Waals surface area contributed by atoms with Crippen LogP contribution in [0.3, 0.4) is 0 Å². The van der Waals surface area contributed by atoms with E-state index in [2.05, 4.69) is 0 Å². The van der Waals surface area contributed by atoms with Crippen molar-refractivity contribution in [2.75, 3.05) is 0 Å². The van der Waals surface area contributed by atoms with Gasteiger partial charge >= 0.3 is 0 Å². The molecule has 1 heterocycles. The second-order valence-corrected chi connectivity index (χ2v) is 5.92. The smallest absolute Gasteiger partial charge is 0.262 e. The van der Waals surface area contributed by atoms with Crippen LogP contribution in [0.5, 0.6) is 0 Å². The molecule has 2 amide bonds. The molecule has 1 aliphatic heterocycles. The van der Waals surface area contributed by atoms with Crippen molar-refractivity contribution >= 4 is 29.2 Å².